The number of nitrogens with two attached hydrogens (primary N) is 1. The fourth-order valence-corrected chi connectivity index (χ4v) is 3.65. The first kappa shape index (κ1) is 21.0. The Balaban J connectivity index is 1.83. The molecule has 0 aliphatic carbocycles. The lowest BCUT2D eigenvalue weighted by Crippen LogP contribution is -2.23. The standard InChI is InChI=1S/C24H18F2N4O2/c1-30-11-3-6-18(24(30)32)16(19-12-14(25)7-9-21(19)26)5-2-4-15-17(23(27)31)8-10-22-20(15)13-28-29-22/h3,6-13,16H,5H2,1H3,(H2,27,31)(H,28,29). The molecular formula is C24H18F2N4O2. The summed E-state index contributed by atoms with van der Waals surface area (Å²) in [4.78, 5) is 24.6. The van der Waals surface area contributed by atoms with E-state index in [1.807, 2.05) is 0 Å². The van der Waals surface area contributed by atoms with E-state index < -0.39 is 23.5 Å². The van der Waals surface area contributed by atoms with Crippen molar-refractivity contribution in [1.29, 1.82) is 0 Å². The number of primary amides is 1. The van der Waals surface area contributed by atoms with Crippen LogP contribution in [0.5, 0.6) is 0 Å². The van der Waals surface area contributed by atoms with Crippen molar-refractivity contribution in [3.8, 4) is 11.8 Å². The monoisotopic (exact) mass is 432 g/mol. The first-order chi connectivity index (χ1) is 15.4. The Morgan fingerprint density at radius 3 is 2.81 bits per heavy atom. The summed E-state index contributed by atoms with van der Waals surface area (Å²) in [5, 5.41) is 7.37. The third-order valence-corrected chi connectivity index (χ3v) is 5.27. The van der Waals surface area contributed by atoms with Crippen LogP contribution in [0.25, 0.3) is 10.9 Å². The van der Waals surface area contributed by atoms with Gasteiger partial charge in [-0.3, -0.25) is 14.7 Å². The normalized spacial score (nSPS) is 11.7. The van der Waals surface area contributed by atoms with Gasteiger partial charge in [-0.1, -0.05) is 17.9 Å². The van der Waals surface area contributed by atoms with Crippen LogP contribution in [-0.4, -0.2) is 20.7 Å². The van der Waals surface area contributed by atoms with E-state index in [4.69, 9.17) is 5.73 Å². The molecule has 1 atom stereocenters. The largest absolute Gasteiger partial charge is 0.366 e. The van der Waals surface area contributed by atoms with Crippen LogP contribution >= 0.6 is 0 Å². The van der Waals surface area contributed by atoms with Gasteiger partial charge in [0.15, 0.2) is 0 Å². The smallest absolute Gasteiger partial charge is 0.254 e. The maximum Gasteiger partial charge on any atom is 0.254 e. The molecule has 0 fully saturated rings. The minimum Gasteiger partial charge on any atom is -0.366 e. The lowest BCUT2D eigenvalue weighted by atomic mass is 9.88. The SMILES string of the molecule is Cn1cccc(C(CC#Cc2c(C(N)=O)ccc3[nH]ncc23)c2cc(F)ccc2F)c1=O. The molecule has 2 aromatic carbocycles. The molecule has 0 spiro atoms. The third-order valence-electron chi connectivity index (χ3n) is 5.27. The van der Waals surface area contributed by atoms with Gasteiger partial charge in [-0.15, -0.1) is 0 Å². The lowest BCUT2D eigenvalue weighted by molar-refractivity contribution is 0.1000. The van der Waals surface area contributed by atoms with Gasteiger partial charge in [0.2, 0.25) is 5.91 Å². The maximum atomic E-state index is 14.6. The molecule has 4 rings (SSSR count). The number of amides is 1. The zero-order chi connectivity index (χ0) is 22.8. The second-order valence-corrected chi connectivity index (χ2v) is 7.29. The topological polar surface area (TPSA) is 93.8 Å². The average molecular weight is 432 g/mol. The molecule has 6 nitrogen and oxygen atoms in total. The summed E-state index contributed by atoms with van der Waals surface area (Å²) in [6.07, 6.45) is 3.11. The molecule has 1 amide bonds. The molecule has 8 heteroatoms. The minimum atomic E-state index is -0.821. The van der Waals surface area contributed by atoms with Gasteiger partial charge in [0.05, 0.1) is 17.3 Å². The van der Waals surface area contributed by atoms with Gasteiger partial charge < -0.3 is 10.3 Å². The zero-order valence-corrected chi connectivity index (χ0v) is 17.0. The molecule has 0 radical (unpaired) electrons. The molecule has 0 aliphatic heterocycles. The fraction of sp³-hybridized carbons (Fsp3) is 0.125. The maximum absolute atomic E-state index is 14.6. The van der Waals surface area contributed by atoms with Crippen molar-refractivity contribution in [1.82, 2.24) is 14.8 Å². The van der Waals surface area contributed by atoms with Crippen molar-refractivity contribution < 1.29 is 13.6 Å². The Labute approximate surface area is 181 Å². The summed E-state index contributed by atoms with van der Waals surface area (Å²) in [5.41, 5.74) is 6.73. The number of nitrogens with one attached hydrogen (secondary N) is 1. The number of fused-ring (bicyclic) bond motifs is 1. The Morgan fingerprint density at radius 1 is 1.22 bits per heavy atom. The van der Waals surface area contributed by atoms with E-state index in [-0.39, 0.29) is 28.7 Å². The summed E-state index contributed by atoms with van der Waals surface area (Å²) in [7, 11) is 1.58. The Hall–Kier alpha value is -4.25. The number of hydrogen-bond acceptors (Lipinski definition) is 3. The van der Waals surface area contributed by atoms with Gasteiger partial charge in [0, 0.05) is 42.1 Å². The highest BCUT2D eigenvalue weighted by atomic mass is 19.1. The Kier molecular flexibility index (Phi) is 5.56. The van der Waals surface area contributed by atoms with Crippen molar-refractivity contribution in [3.05, 3.63) is 99.1 Å². The average Bonchev–Trinajstić information content (AvgIpc) is 3.24. The Bertz CT molecular complexity index is 1460. The molecule has 1 unspecified atom stereocenters. The highest BCUT2D eigenvalue weighted by molar-refractivity contribution is 6.01. The van der Waals surface area contributed by atoms with Crippen LogP contribution in [0.4, 0.5) is 8.78 Å². The molecule has 0 saturated heterocycles. The number of H-pyrrole nitrogens is 1. The minimum absolute atomic E-state index is 0.00602. The number of hydrogen-bond donors (Lipinski definition) is 2. The van der Waals surface area contributed by atoms with E-state index in [2.05, 4.69) is 22.0 Å². The van der Waals surface area contributed by atoms with Crippen molar-refractivity contribution in [2.45, 2.75) is 12.3 Å². The first-order valence-electron chi connectivity index (χ1n) is 9.72. The van der Waals surface area contributed by atoms with Crippen molar-refractivity contribution in [2.24, 2.45) is 12.8 Å². The van der Waals surface area contributed by atoms with Crippen LogP contribution in [0.3, 0.4) is 0 Å². The molecule has 32 heavy (non-hydrogen) atoms. The fourth-order valence-electron chi connectivity index (χ4n) is 3.65. The molecular weight excluding hydrogens is 414 g/mol. The number of aromatic nitrogens is 3. The molecule has 3 N–H and O–H groups in total. The van der Waals surface area contributed by atoms with Crippen LogP contribution in [0.1, 0.15) is 39.4 Å². The Morgan fingerprint density at radius 2 is 2.03 bits per heavy atom. The van der Waals surface area contributed by atoms with Crippen LogP contribution in [0, 0.1) is 23.5 Å². The van der Waals surface area contributed by atoms with Gasteiger partial charge in [0.1, 0.15) is 11.6 Å². The van der Waals surface area contributed by atoms with Crippen LogP contribution in [0.15, 0.2) is 59.7 Å². The summed E-state index contributed by atoms with van der Waals surface area (Å²) in [6.45, 7) is 0. The van der Waals surface area contributed by atoms with Crippen molar-refractivity contribution in [3.63, 3.8) is 0 Å². The first-order valence-corrected chi connectivity index (χ1v) is 9.72. The number of carbonyl (C=O) groups is 1. The van der Waals surface area contributed by atoms with E-state index in [1.165, 1.54) is 10.8 Å². The van der Waals surface area contributed by atoms with Gasteiger partial charge in [-0.05, 0) is 42.0 Å². The molecule has 160 valence electrons. The molecule has 2 aromatic heterocycles. The van der Waals surface area contributed by atoms with Gasteiger partial charge >= 0.3 is 0 Å². The summed E-state index contributed by atoms with van der Waals surface area (Å²) in [5.74, 6) is 3.13. The molecule has 0 aliphatic rings. The van der Waals surface area contributed by atoms with E-state index in [9.17, 15) is 18.4 Å². The van der Waals surface area contributed by atoms with E-state index in [0.717, 1.165) is 18.2 Å². The number of benzene rings is 2. The van der Waals surface area contributed by atoms with E-state index >= 15 is 0 Å². The summed E-state index contributed by atoms with van der Waals surface area (Å²) >= 11 is 0. The number of carbonyl (C=O) groups excluding carboxylic acids is 1. The highest BCUT2D eigenvalue weighted by Crippen LogP contribution is 2.29. The second kappa shape index (κ2) is 8.47. The summed E-state index contributed by atoms with van der Waals surface area (Å²) < 4.78 is 29.9. The quantitative estimate of drug-likeness (QED) is 0.485. The predicted molar refractivity (Wildman–Crippen MR) is 116 cm³/mol. The summed E-state index contributed by atoms with van der Waals surface area (Å²) in [6, 6.07) is 9.56. The zero-order valence-electron chi connectivity index (χ0n) is 17.0. The van der Waals surface area contributed by atoms with Gasteiger partial charge in [0.25, 0.3) is 5.56 Å². The number of aryl methyl sites for hydroxylation is 1. The van der Waals surface area contributed by atoms with Crippen molar-refractivity contribution in [2.75, 3.05) is 0 Å². The molecule has 0 bridgehead atoms. The van der Waals surface area contributed by atoms with Crippen molar-refractivity contribution >= 4 is 16.8 Å². The number of nitrogens with zero attached hydrogens (tertiary/aromatic N) is 2. The van der Waals surface area contributed by atoms with Crippen LogP contribution < -0.4 is 11.3 Å². The number of rotatable bonds is 4. The number of pyridine rings is 1. The third kappa shape index (κ3) is 3.88. The highest BCUT2D eigenvalue weighted by Gasteiger charge is 2.21. The van der Waals surface area contributed by atoms with Crippen LogP contribution in [-0.2, 0) is 7.05 Å². The predicted octanol–water partition coefficient (Wildman–Crippen LogP) is 3.21. The lowest BCUT2D eigenvalue weighted by Gasteiger charge is -2.16. The van der Waals surface area contributed by atoms with Gasteiger partial charge in [-0.25, -0.2) is 8.78 Å². The molecule has 0 saturated carbocycles. The van der Waals surface area contributed by atoms with Crippen LogP contribution in [0.2, 0.25) is 0 Å². The number of halogens is 2. The molecule has 4 aromatic rings. The second-order valence-electron chi connectivity index (χ2n) is 7.29. The van der Waals surface area contributed by atoms with E-state index in [0.29, 0.717) is 16.5 Å². The molecule has 2 heterocycles. The van der Waals surface area contributed by atoms with E-state index in [1.54, 1.807) is 37.5 Å². The van der Waals surface area contributed by atoms with Gasteiger partial charge in [-0.2, -0.15) is 5.10 Å². The number of aromatic amines is 1.